The average Bonchev–Trinajstić information content (AvgIpc) is 2.26. The number of carbonyl (C=O) groups excluding carboxylic acids is 1. The summed E-state index contributed by atoms with van der Waals surface area (Å²) in [6.45, 7) is 0. The lowest BCUT2D eigenvalue weighted by atomic mass is 10.1. The lowest BCUT2D eigenvalue weighted by molar-refractivity contribution is 0.0989. The molecule has 0 amide bonds. The predicted octanol–water partition coefficient (Wildman–Crippen LogP) is 2.69. The molecule has 0 spiro atoms. The largest absolute Gasteiger partial charge is 0.378 e. The van der Waals surface area contributed by atoms with E-state index in [-0.39, 0.29) is 5.78 Å². The molecule has 15 heavy (non-hydrogen) atoms. The fourth-order valence-electron chi connectivity index (χ4n) is 1.28. The van der Waals surface area contributed by atoms with E-state index in [4.69, 9.17) is 0 Å². The Balaban J connectivity index is 2.67. The van der Waals surface area contributed by atoms with Crippen molar-refractivity contribution < 1.29 is 4.79 Å². The van der Waals surface area contributed by atoms with Crippen molar-refractivity contribution in [1.82, 2.24) is 0 Å². The zero-order valence-electron chi connectivity index (χ0n) is 9.49. The number of hydrogen-bond donors (Lipinski definition) is 0. The molecule has 0 aliphatic heterocycles. The molecule has 0 aromatic heterocycles. The van der Waals surface area contributed by atoms with Gasteiger partial charge >= 0.3 is 0 Å². The van der Waals surface area contributed by atoms with Crippen LogP contribution in [-0.4, -0.2) is 31.9 Å². The molecular formula is C12H17NOS. The number of hydrogen-bond acceptors (Lipinski definition) is 3. The Bertz CT molecular complexity index is 319. The van der Waals surface area contributed by atoms with E-state index in [1.807, 2.05) is 49.5 Å². The highest BCUT2D eigenvalue weighted by atomic mass is 32.2. The van der Waals surface area contributed by atoms with Gasteiger partial charge in [-0.15, -0.1) is 0 Å². The first-order valence-electron chi connectivity index (χ1n) is 4.94. The van der Waals surface area contributed by atoms with Gasteiger partial charge in [0.2, 0.25) is 0 Å². The zero-order chi connectivity index (χ0) is 11.3. The van der Waals surface area contributed by atoms with Crippen molar-refractivity contribution >= 4 is 23.2 Å². The van der Waals surface area contributed by atoms with Crippen LogP contribution in [0.4, 0.5) is 5.69 Å². The molecule has 0 aliphatic carbocycles. The standard InChI is InChI=1S/C12H17NOS/c1-13(2)11-6-4-10(5-7-11)12(14)8-9-15-3/h4-7H,8-9H2,1-3H3. The monoisotopic (exact) mass is 223 g/mol. The number of anilines is 1. The Morgan fingerprint density at radius 1 is 1.27 bits per heavy atom. The van der Waals surface area contributed by atoms with Gasteiger partial charge in [-0.3, -0.25) is 4.79 Å². The summed E-state index contributed by atoms with van der Waals surface area (Å²) < 4.78 is 0. The third-order valence-electron chi connectivity index (χ3n) is 2.24. The Morgan fingerprint density at radius 2 is 1.87 bits per heavy atom. The van der Waals surface area contributed by atoms with Gasteiger partial charge in [0.05, 0.1) is 0 Å². The Labute approximate surface area is 95.7 Å². The van der Waals surface area contributed by atoms with Crippen molar-refractivity contribution in [2.24, 2.45) is 0 Å². The predicted molar refractivity (Wildman–Crippen MR) is 68.1 cm³/mol. The van der Waals surface area contributed by atoms with Gasteiger partial charge in [-0.25, -0.2) is 0 Å². The second kappa shape index (κ2) is 5.81. The maximum absolute atomic E-state index is 11.7. The molecule has 0 fully saturated rings. The first-order valence-corrected chi connectivity index (χ1v) is 6.34. The van der Waals surface area contributed by atoms with Crippen LogP contribution in [0.3, 0.4) is 0 Å². The van der Waals surface area contributed by atoms with E-state index >= 15 is 0 Å². The number of benzene rings is 1. The highest BCUT2D eigenvalue weighted by molar-refractivity contribution is 7.98. The van der Waals surface area contributed by atoms with Crippen LogP contribution in [-0.2, 0) is 0 Å². The van der Waals surface area contributed by atoms with Crippen LogP contribution >= 0.6 is 11.8 Å². The summed E-state index contributed by atoms with van der Waals surface area (Å²) in [6.07, 6.45) is 2.64. The Kier molecular flexibility index (Phi) is 4.69. The number of Topliss-reactive ketones (excluding diaryl/α,β-unsaturated/α-hetero) is 1. The normalized spacial score (nSPS) is 10.1. The minimum Gasteiger partial charge on any atom is -0.378 e. The average molecular weight is 223 g/mol. The van der Waals surface area contributed by atoms with Crippen molar-refractivity contribution in [3.8, 4) is 0 Å². The third kappa shape index (κ3) is 3.59. The van der Waals surface area contributed by atoms with Crippen LogP contribution in [0.5, 0.6) is 0 Å². The number of nitrogens with zero attached hydrogens (tertiary/aromatic N) is 1. The highest BCUT2D eigenvalue weighted by Gasteiger charge is 2.05. The molecule has 0 heterocycles. The second-order valence-electron chi connectivity index (χ2n) is 3.61. The molecule has 3 heteroatoms. The van der Waals surface area contributed by atoms with Gasteiger partial charge in [0.25, 0.3) is 0 Å². The molecule has 0 aliphatic rings. The van der Waals surface area contributed by atoms with Crippen LogP contribution in [0.1, 0.15) is 16.8 Å². The first-order chi connectivity index (χ1) is 7.15. The lowest BCUT2D eigenvalue weighted by Gasteiger charge is -2.12. The number of rotatable bonds is 5. The van der Waals surface area contributed by atoms with Crippen LogP contribution in [0.2, 0.25) is 0 Å². The Hall–Kier alpha value is -0.960. The van der Waals surface area contributed by atoms with Crippen molar-refractivity contribution in [2.75, 3.05) is 31.0 Å². The quantitative estimate of drug-likeness (QED) is 0.716. The van der Waals surface area contributed by atoms with Crippen molar-refractivity contribution in [3.05, 3.63) is 29.8 Å². The zero-order valence-corrected chi connectivity index (χ0v) is 10.3. The number of thioether (sulfide) groups is 1. The molecule has 0 bridgehead atoms. The van der Waals surface area contributed by atoms with E-state index in [9.17, 15) is 4.79 Å². The molecular weight excluding hydrogens is 206 g/mol. The van der Waals surface area contributed by atoms with E-state index in [1.54, 1.807) is 11.8 Å². The molecule has 82 valence electrons. The first kappa shape index (κ1) is 12.1. The van der Waals surface area contributed by atoms with Gasteiger partial charge < -0.3 is 4.90 Å². The van der Waals surface area contributed by atoms with Crippen molar-refractivity contribution in [3.63, 3.8) is 0 Å². The molecule has 0 unspecified atom stereocenters. The minimum atomic E-state index is 0.231. The summed E-state index contributed by atoms with van der Waals surface area (Å²) in [5, 5.41) is 0. The minimum absolute atomic E-state index is 0.231. The van der Waals surface area contributed by atoms with E-state index in [0.717, 1.165) is 17.0 Å². The molecule has 0 N–H and O–H groups in total. The van der Waals surface area contributed by atoms with E-state index in [0.29, 0.717) is 6.42 Å². The summed E-state index contributed by atoms with van der Waals surface area (Å²) in [7, 11) is 3.98. The summed E-state index contributed by atoms with van der Waals surface area (Å²) in [5.74, 6) is 1.13. The molecule has 1 aromatic carbocycles. The van der Waals surface area contributed by atoms with E-state index < -0.39 is 0 Å². The van der Waals surface area contributed by atoms with Gasteiger partial charge in [-0.05, 0) is 30.5 Å². The summed E-state index contributed by atoms with van der Waals surface area (Å²) >= 11 is 1.70. The van der Waals surface area contributed by atoms with Crippen LogP contribution in [0.25, 0.3) is 0 Å². The van der Waals surface area contributed by atoms with Crippen LogP contribution < -0.4 is 4.90 Å². The van der Waals surface area contributed by atoms with Gasteiger partial charge in [0.15, 0.2) is 5.78 Å². The summed E-state index contributed by atoms with van der Waals surface area (Å²) in [6, 6.07) is 7.76. The topological polar surface area (TPSA) is 20.3 Å². The molecule has 2 nitrogen and oxygen atoms in total. The molecule has 1 rings (SSSR count). The lowest BCUT2D eigenvalue weighted by Crippen LogP contribution is -2.09. The molecule has 0 saturated carbocycles. The van der Waals surface area contributed by atoms with Crippen molar-refractivity contribution in [2.45, 2.75) is 6.42 Å². The van der Waals surface area contributed by atoms with Gasteiger partial charge in [0, 0.05) is 37.5 Å². The highest BCUT2D eigenvalue weighted by Crippen LogP contribution is 2.14. The smallest absolute Gasteiger partial charge is 0.163 e. The van der Waals surface area contributed by atoms with Gasteiger partial charge in [0.1, 0.15) is 0 Å². The van der Waals surface area contributed by atoms with E-state index in [2.05, 4.69) is 0 Å². The number of ketones is 1. The van der Waals surface area contributed by atoms with Gasteiger partial charge in [-0.2, -0.15) is 11.8 Å². The number of carbonyl (C=O) groups is 1. The van der Waals surface area contributed by atoms with Crippen molar-refractivity contribution in [1.29, 1.82) is 0 Å². The second-order valence-corrected chi connectivity index (χ2v) is 4.59. The maximum atomic E-state index is 11.7. The fraction of sp³-hybridized carbons (Fsp3) is 0.417. The van der Waals surface area contributed by atoms with Crippen LogP contribution in [0, 0.1) is 0 Å². The third-order valence-corrected chi connectivity index (χ3v) is 2.85. The summed E-state index contributed by atoms with van der Waals surface area (Å²) in [4.78, 5) is 13.7. The molecule has 0 radical (unpaired) electrons. The SMILES string of the molecule is CSCCC(=O)c1ccc(N(C)C)cc1. The summed E-state index contributed by atoms with van der Waals surface area (Å²) in [5.41, 5.74) is 1.94. The maximum Gasteiger partial charge on any atom is 0.163 e. The molecule has 0 saturated heterocycles. The van der Waals surface area contributed by atoms with Crippen LogP contribution in [0.15, 0.2) is 24.3 Å². The Morgan fingerprint density at radius 3 is 2.33 bits per heavy atom. The fourth-order valence-corrected chi connectivity index (χ4v) is 1.67. The van der Waals surface area contributed by atoms with Gasteiger partial charge in [-0.1, -0.05) is 0 Å². The molecule has 1 aromatic rings. The molecule has 0 atom stereocenters. The van der Waals surface area contributed by atoms with E-state index in [1.165, 1.54) is 0 Å².